The summed E-state index contributed by atoms with van der Waals surface area (Å²) in [5, 5.41) is 9.31. The molecule has 4 heteroatoms. The second kappa shape index (κ2) is 4.43. The van der Waals surface area contributed by atoms with Crippen molar-refractivity contribution in [2.24, 2.45) is 0 Å². The lowest BCUT2D eigenvalue weighted by atomic mass is 10.3. The van der Waals surface area contributed by atoms with Gasteiger partial charge in [0.15, 0.2) is 0 Å². The number of morpholine rings is 1. The Balaban J connectivity index is 2.26. The summed E-state index contributed by atoms with van der Waals surface area (Å²) in [5.41, 5.74) is 0. The first-order valence-corrected chi connectivity index (χ1v) is 3.78. The Morgan fingerprint density at radius 2 is 2.18 bits per heavy atom. The highest BCUT2D eigenvalue weighted by Crippen LogP contribution is 2.02. The van der Waals surface area contributed by atoms with Gasteiger partial charge in [-0.05, 0) is 0 Å². The number of hydrogen-bond donors (Lipinski definition) is 1. The van der Waals surface area contributed by atoms with E-state index >= 15 is 0 Å². The molecule has 0 bridgehead atoms. The highest BCUT2D eigenvalue weighted by atomic mass is 16.5. The summed E-state index contributed by atoms with van der Waals surface area (Å²) >= 11 is 0. The van der Waals surface area contributed by atoms with Gasteiger partial charge in [-0.1, -0.05) is 0 Å². The molecule has 0 aromatic heterocycles. The highest BCUT2D eigenvalue weighted by Gasteiger charge is 2.17. The van der Waals surface area contributed by atoms with E-state index in [4.69, 9.17) is 4.74 Å². The van der Waals surface area contributed by atoms with Gasteiger partial charge in [-0.25, -0.2) is 0 Å². The Kier molecular flexibility index (Phi) is 3.48. The van der Waals surface area contributed by atoms with Crippen molar-refractivity contribution in [3.05, 3.63) is 0 Å². The molecule has 1 N–H and O–H groups in total. The van der Waals surface area contributed by atoms with Gasteiger partial charge < -0.3 is 14.6 Å². The average Bonchev–Trinajstić information content (AvgIpc) is 2.07. The SMILES string of the molecule is O=CCC(O)N1CCOCC1. The van der Waals surface area contributed by atoms with Gasteiger partial charge in [0.2, 0.25) is 0 Å². The fraction of sp³-hybridized carbons (Fsp3) is 0.857. The number of ether oxygens (including phenoxy) is 1. The molecule has 0 saturated carbocycles. The van der Waals surface area contributed by atoms with Crippen molar-refractivity contribution in [1.29, 1.82) is 0 Å². The number of carbonyl (C=O) groups excluding carboxylic acids is 1. The van der Waals surface area contributed by atoms with Crippen molar-refractivity contribution in [1.82, 2.24) is 4.90 Å². The van der Waals surface area contributed by atoms with Crippen molar-refractivity contribution in [3.8, 4) is 0 Å². The zero-order valence-corrected chi connectivity index (χ0v) is 6.40. The second-order valence-corrected chi connectivity index (χ2v) is 2.53. The summed E-state index contributed by atoms with van der Waals surface area (Å²) in [5.74, 6) is 0. The predicted octanol–water partition coefficient (Wildman–Crippen LogP) is -0.774. The van der Waals surface area contributed by atoms with Crippen LogP contribution < -0.4 is 0 Å². The van der Waals surface area contributed by atoms with Crippen LogP contribution in [0.3, 0.4) is 0 Å². The second-order valence-electron chi connectivity index (χ2n) is 2.53. The van der Waals surface area contributed by atoms with Crippen LogP contribution in [0.15, 0.2) is 0 Å². The Labute approximate surface area is 65.8 Å². The molecular formula is C7H13NO3. The molecule has 1 fully saturated rings. The monoisotopic (exact) mass is 159 g/mol. The van der Waals surface area contributed by atoms with Gasteiger partial charge >= 0.3 is 0 Å². The van der Waals surface area contributed by atoms with Gasteiger partial charge in [0, 0.05) is 19.5 Å². The lowest BCUT2D eigenvalue weighted by molar-refractivity contribution is -0.115. The van der Waals surface area contributed by atoms with Crippen LogP contribution in [0.5, 0.6) is 0 Å². The van der Waals surface area contributed by atoms with Crippen LogP contribution in [0.2, 0.25) is 0 Å². The van der Waals surface area contributed by atoms with Crippen LogP contribution in [0.1, 0.15) is 6.42 Å². The third kappa shape index (κ3) is 2.57. The standard InChI is InChI=1S/C7H13NO3/c9-4-1-7(10)8-2-5-11-6-3-8/h4,7,10H,1-3,5-6H2. The van der Waals surface area contributed by atoms with E-state index in [-0.39, 0.29) is 6.42 Å². The largest absolute Gasteiger partial charge is 0.379 e. The first-order valence-electron chi connectivity index (χ1n) is 3.78. The fourth-order valence-corrected chi connectivity index (χ4v) is 1.11. The first-order chi connectivity index (χ1) is 5.34. The van der Waals surface area contributed by atoms with E-state index in [0.717, 1.165) is 19.4 Å². The molecule has 0 aliphatic carbocycles. The molecule has 0 aromatic rings. The van der Waals surface area contributed by atoms with E-state index in [9.17, 15) is 9.90 Å². The van der Waals surface area contributed by atoms with Crippen LogP contribution in [-0.4, -0.2) is 48.8 Å². The molecule has 0 amide bonds. The third-order valence-corrected chi connectivity index (χ3v) is 1.77. The van der Waals surface area contributed by atoms with Crippen LogP contribution in [0.4, 0.5) is 0 Å². The number of aldehydes is 1. The van der Waals surface area contributed by atoms with Crippen LogP contribution in [0, 0.1) is 0 Å². The number of carbonyl (C=O) groups is 1. The van der Waals surface area contributed by atoms with Gasteiger partial charge in [-0.15, -0.1) is 0 Å². The van der Waals surface area contributed by atoms with Crippen molar-refractivity contribution in [3.63, 3.8) is 0 Å². The number of hydrogen-bond acceptors (Lipinski definition) is 4. The maximum atomic E-state index is 10.0. The number of aliphatic hydroxyl groups is 1. The minimum absolute atomic E-state index is 0.194. The van der Waals surface area contributed by atoms with E-state index in [1.807, 2.05) is 4.90 Å². The molecule has 1 aliphatic rings. The first kappa shape index (κ1) is 8.64. The van der Waals surface area contributed by atoms with E-state index in [1.54, 1.807) is 0 Å². The van der Waals surface area contributed by atoms with E-state index in [0.29, 0.717) is 13.2 Å². The fourth-order valence-electron chi connectivity index (χ4n) is 1.11. The molecule has 1 aliphatic heterocycles. The summed E-state index contributed by atoms with van der Waals surface area (Å²) in [7, 11) is 0. The summed E-state index contributed by atoms with van der Waals surface area (Å²) < 4.78 is 5.09. The lowest BCUT2D eigenvalue weighted by Crippen LogP contribution is -2.43. The highest BCUT2D eigenvalue weighted by molar-refractivity contribution is 5.49. The number of nitrogens with zero attached hydrogens (tertiary/aromatic N) is 1. The Morgan fingerprint density at radius 1 is 1.55 bits per heavy atom. The van der Waals surface area contributed by atoms with Crippen molar-refractivity contribution < 1.29 is 14.6 Å². The summed E-state index contributed by atoms with van der Waals surface area (Å²) in [6.07, 6.45) is 0.316. The molecular weight excluding hydrogens is 146 g/mol. The molecule has 0 aromatic carbocycles. The molecule has 1 rings (SSSR count). The number of aliphatic hydroxyl groups excluding tert-OH is 1. The van der Waals surface area contributed by atoms with E-state index in [2.05, 4.69) is 0 Å². The minimum atomic E-state index is -0.614. The summed E-state index contributed by atoms with van der Waals surface area (Å²) in [6.45, 7) is 2.73. The number of rotatable bonds is 3. The van der Waals surface area contributed by atoms with E-state index < -0.39 is 6.23 Å². The van der Waals surface area contributed by atoms with Gasteiger partial charge in [0.05, 0.1) is 13.2 Å². The zero-order chi connectivity index (χ0) is 8.10. The third-order valence-electron chi connectivity index (χ3n) is 1.77. The maximum absolute atomic E-state index is 10.0. The average molecular weight is 159 g/mol. The zero-order valence-electron chi connectivity index (χ0n) is 6.40. The van der Waals surface area contributed by atoms with Gasteiger partial charge in [0.1, 0.15) is 12.5 Å². The smallest absolute Gasteiger partial charge is 0.123 e. The van der Waals surface area contributed by atoms with Crippen LogP contribution >= 0.6 is 0 Å². The molecule has 1 atom stereocenters. The molecule has 64 valence electrons. The molecule has 0 radical (unpaired) electrons. The van der Waals surface area contributed by atoms with E-state index in [1.165, 1.54) is 0 Å². The van der Waals surface area contributed by atoms with Crippen LogP contribution in [0.25, 0.3) is 0 Å². The van der Waals surface area contributed by atoms with Crippen molar-refractivity contribution >= 4 is 6.29 Å². The molecule has 4 nitrogen and oxygen atoms in total. The van der Waals surface area contributed by atoms with Gasteiger partial charge in [-0.3, -0.25) is 4.90 Å². The lowest BCUT2D eigenvalue weighted by Gasteiger charge is -2.29. The molecule has 1 saturated heterocycles. The van der Waals surface area contributed by atoms with Crippen LogP contribution in [-0.2, 0) is 9.53 Å². The molecule has 1 unspecified atom stereocenters. The topological polar surface area (TPSA) is 49.8 Å². The van der Waals surface area contributed by atoms with Crippen molar-refractivity contribution in [2.75, 3.05) is 26.3 Å². The Bertz CT molecular complexity index is 123. The van der Waals surface area contributed by atoms with Gasteiger partial charge in [0.25, 0.3) is 0 Å². The summed E-state index contributed by atoms with van der Waals surface area (Å²) in [4.78, 5) is 11.9. The summed E-state index contributed by atoms with van der Waals surface area (Å²) in [6, 6.07) is 0. The Hall–Kier alpha value is -0.450. The predicted molar refractivity (Wildman–Crippen MR) is 39.1 cm³/mol. The molecule has 0 spiro atoms. The minimum Gasteiger partial charge on any atom is -0.379 e. The maximum Gasteiger partial charge on any atom is 0.123 e. The molecule has 11 heavy (non-hydrogen) atoms. The molecule has 1 heterocycles. The van der Waals surface area contributed by atoms with Gasteiger partial charge in [-0.2, -0.15) is 0 Å². The normalized spacial score (nSPS) is 23.0. The van der Waals surface area contributed by atoms with Crippen molar-refractivity contribution in [2.45, 2.75) is 12.6 Å². The Morgan fingerprint density at radius 3 is 2.73 bits per heavy atom. The quantitative estimate of drug-likeness (QED) is 0.549.